The van der Waals surface area contributed by atoms with E-state index in [2.05, 4.69) is 55.2 Å². The number of ether oxygens (including phenoxy) is 1. The van der Waals surface area contributed by atoms with Crippen LogP contribution in [0.4, 0.5) is 0 Å². The third-order valence-corrected chi connectivity index (χ3v) is 5.13. The van der Waals surface area contributed by atoms with E-state index < -0.39 is 5.97 Å². The molecule has 1 N–H and O–H groups in total. The number of aromatic amines is 1. The van der Waals surface area contributed by atoms with E-state index in [0.717, 1.165) is 22.2 Å². The summed E-state index contributed by atoms with van der Waals surface area (Å²) in [6.07, 6.45) is 2.65. The number of fused-ring (bicyclic) bond motifs is 1. The predicted octanol–water partition coefficient (Wildman–Crippen LogP) is 5.19. The Morgan fingerprint density at radius 1 is 1.10 bits per heavy atom. The van der Waals surface area contributed by atoms with Crippen molar-refractivity contribution >= 4 is 32.9 Å². The number of aryl methyl sites for hydroxylation is 1. The zero-order valence-electron chi connectivity index (χ0n) is 16.1. The summed E-state index contributed by atoms with van der Waals surface area (Å²) in [7, 11) is 0. The molecule has 1 aromatic carbocycles. The molecule has 0 aliphatic carbocycles. The minimum Gasteiger partial charge on any atom is -0.462 e. The summed E-state index contributed by atoms with van der Waals surface area (Å²) in [6, 6.07) is 13.6. The van der Waals surface area contributed by atoms with Gasteiger partial charge >= 0.3 is 5.97 Å². The van der Waals surface area contributed by atoms with Crippen molar-refractivity contribution in [3.8, 4) is 22.6 Å². The summed E-state index contributed by atoms with van der Waals surface area (Å²) in [6.45, 7) is 4.18. The van der Waals surface area contributed by atoms with Crippen molar-refractivity contribution in [3.05, 3.63) is 64.3 Å². The molecular formula is C22H19BrN4O2. The lowest BCUT2D eigenvalue weighted by molar-refractivity contribution is 0.0528. The number of esters is 1. The van der Waals surface area contributed by atoms with Gasteiger partial charge in [0.25, 0.3) is 0 Å². The van der Waals surface area contributed by atoms with Gasteiger partial charge in [0.2, 0.25) is 0 Å². The Morgan fingerprint density at radius 3 is 2.55 bits per heavy atom. The third-order valence-electron chi connectivity index (χ3n) is 4.66. The standard InChI is InChI=1S/C22H19BrN4O2/c1-3-13-5-7-14(8-6-13)20-19-16(22(28)29-4-2)11-18(25-21(19)27-26-20)17-10-9-15(23)12-24-17/h5-12H,3-4H2,1-2H3,(H,25,26,27). The van der Waals surface area contributed by atoms with Gasteiger partial charge < -0.3 is 4.74 Å². The molecule has 4 aromatic rings. The Morgan fingerprint density at radius 2 is 1.90 bits per heavy atom. The maximum Gasteiger partial charge on any atom is 0.339 e. The Hall–Kier alpha value is -3.06. The third kappa shape index (κ3) is 3.78. The van der Waals surface area contributed by atoms with Crippen LogP contribution >= 0.6 is 15.9 Å². The van der Waals surface area contributed by atoms with Gasteiger partial charge in [-0.05, 0) is 53.0 Å². The molecule has 6 nitrogen and oxygen atoms in total. The number of nitrogens with one attached hydrogen (secondary N) is 1. The van der Waals surface area contributed by atoms with Crippen LogP contribution in [-0.4, -0.2) is 32.7 Å². The molecular weight excluding hydrogens is 432 g/mol. The molecule has 29 heavy (non-hydrogen) atoms. The number of hydrogen-bond acceptors (Lipinski definition) is 5. The second-order valence-electron chi connectivity index (χ2n) is 6.48. The van der Waals surface area contributed by atoms with Crippen molar-refractivity contribution in [1.82, 2.24) is 20.2 Å². The highest BCUT2D eigenvalue weighted by Gasteiger charge is 2.21. The molecule has 0 unspecified atom stereocenters. The van der Waals surface area contributed by atoms with Crippen LogP contribution in [0.3, 0.4) is 0 Å². The van der Waals surface area contributed by atoms with Gasteiger partial charge in [0.1, 0.15) is 0 Å². The van der Waals surface area contributed by atoms with Gasteiger partial charge in [-0.25, -0.2) is 9.78 Å². The Balaban J connectivity index is 1.91. The fraction of sp³-hybridized carbons (Fsp3) is 0.182. The minimum absolute atomic E-state index is 0.285. The fourth-order valence-electron chi connectivity index (χ4n) is 3.17. The molecule has 0 fully saturated rings. The molecule has 0 atom stereocenters. The lowest BCUT2D eigenvalue weighted by Gasteiger charge is -2.08. The van der Waals surface area contributed by atoms with E-state index in [-0.39, 0.29) is 6.61 Å². The van der Waals surface area contributed by atoms with E-state index in [1.54, 1.807) is 19.2 Å². The predicted molar refractivity (Wildman–Crippen MR) is 116 cm³/mol. The number of benzene rings is 1. The summed E-state index contributed by atoms with van der Waals surface area (Å²) in [5.41, 5.74) is 5.00. The SMILES string of the molecule is CCOC(=O)c1cc(-c2ccc(Br)cn2)nc2n[nH]c(-c3ccc(CC)cc3)c12. The second-order valence-corrected chi connectivity index (χ2v) is 7.40. The van der Waals surface area contributed by atoms with Crippen molar-refractivity contribution in [1.29, 1.82) is 0 Å². The Kier molecular flexibility index (Phi) is 5.40. The van der Waals surface area contributed by atoms with Crippen LogP contribution in [-0.2, 0) is 11.2 Å². The first-order chi connectivity index (χ1) is 14.1. The zero-order chi connectivity index (χ0) is 20.4. The highest BCUT2D eigenvalue weighted by molar-refractivity contribution is 9.10. The van der Waals surface area contributed by atoms with E-state index in [4.69, 9.17) is 4.74 Å². The van der Waals surface area contributed by atoms with Crippen LogP contribution in [0.25, 0.3) is 33.7 Å². The van der Waals surface area contributed by atoms with E-state index >= 15 is 0 Å². The fourth-order valence-corrected chi connectivity index (χ4v) is 3.40. The van der Waals surface area contributed by atoms with Crippen molar-refractivity contribution in [3.63, 3.8) is 0 Å². The summed E-state index contributed by atoms with van der Waals surface area (Å²) in [4.78, 5) is 21.8. The molecule has 0 saturated heterocycles. The van der Waals surface area contributed by atoms with Crippen LogP contribution in [0.1, 0.15) is 29.8 Å². The summed E-state index contributed by atoms with van der Waals surface area (Å²) in [5, 5.41) is 8.05. The summed E-state index contributed by atoms with van der Waals surface area (Å²) in [5.74, 6) is -0.411. The van der Waals surface area contributed by atoms with Crippen LogP contribution in [0.15, 0.2) is 53.1 Å². The molecule has 0 saturated carbocycles. The first-order valence-electron chi connectivity index (χ1n) is 9.38. The smallest absolute Gasteiger partial charge is 0.339 e. The van der Waals surface area contributed by atoms with E-state index in [1.165, 1.54) is 5.56 Å². The molecule has 0 amide bonds. The Bertz CT molecular complexity index is 1170. The number of pyridine rings is 2. The molecule has 0 aliphatic rings. The maximum absolute atomic E-state index is 12.8. The molecule has 0 spiro atoms. The monoisotopic (exact) mass is 450 g/mol. The normalized spacial score (nSPS) is 11.0. The van der Waals surface area contributed by atoms with Crippen LogP contribution in [0.2, 0.25) is 0 Å². The lowest BCUT2D eigenvalue weighted by Crippen LogP contribution is -2.07. The van der Waals surface area contributed by atoms with Crippen LogP contribution in [0.5, 0.6) is 0 Å². The van der Waals surface area contributed by atoms with Gasteiger partial charge in [0, 0.05) is 16.2 Å². The second kappa shape index (κ2) is 8.13. The number of carbonyl (C=O) groups is 1. The van der Waals surface area contributed by atoms with Gasteiger partial charge in [-0.1, -0.05) is 31.2 Å². The number of aromatic nitrogens is 4. The van der Waals surface area contributed by atoms with Gasteiger partial charge in [-0.15, -0.1) is 0 Å². The van der Waals surface area contributed by atoms with E-state index in [9.17, 15) is 4.79 Å². The molecule has 3 heterocycles. The molecule has 4 rings (SSSR count). The molecule has 7 heteroatoms. The van der Waals surface area contributed by atoms with Gasteiger partial charge in [0.15, 0.2) is 5.65 Å². The van der Waals surface area contributed by atoms with Gasteiger partial charge in [-0.3, -0.25) is 10.1 Å². The number of halogens is 1. The Labute approximate surface area is 176 Å². The number of carbonyl (C=O) groups excluding carboxylic acids is 1. The van der Waals surface area contributed by atoms with Crippen molar-refractivity contribution < 1.29 is 9.53 Å². The summed E-state index contributed by atoms with van der Waals surface area (Å²) < 4.78 is 6.17. The minimum atomic E-state index is -0.411. The maximum atomic E-state index is 12.8. The molecule has 146 valence electrons. The van der Waals surface area contributed by atoms with E-state index in [0.29, 0.717) is 28.0 Å². The van der Waals surface area contributed by atoms with Gasteiger partial charge in [-0.2, -0.15) is 5.10 Å². The van der Waals surface area contributed by atoms with Crippen LogP contribution < -0.4 is 0 Å². The number of H-pyrrole nitrogens is 1. The summed E-state index contributed by atoms with van der Waals surface area (Å²) >= 11 is 3.38. The van der Waals surface area contributed by atoms with Crippen LogP contribution in [0, 0.1) is 0 Å². The molecule has 3 aromatic heterocycles. The van der Waals surface area contributed by atoms with E-state index in [1.807, 2.05) is 24.3 Å². The molecule has 0 bridgehead atoms. The molecule has 0 aliphatic heterocycles. The van der Waals surface area contributed by atoms with Gasteiger partial charge in [0.05, 0.1) is 34.6 Å². The highest BCUT2D eigenvalue weighted by atomic mass is 79.9. The zero-order valence-corrected chi connectivity index (χ0v) is 17.7. The lowest BCUT2D eigenvalue weighted by atomic mass is 10.0. The largest absolute Gasteiger partial charge is 0.462 e. The molecule has 0 radical (unpaired) electrons. The topological polar surface area (TPSA) is 80.8 Å². The van der Waals surface area contributed by atoms with Crippen molar-refractivity contribution in [2.75, 3.05) is 6.61 Å². The average Bonchev–Trinajstić information content (AvgIpc) is 3.18. The first-order valence-corrected chi connectivity index (χ1v) is 10.2. The van der Waals surface area contributed by atoms with Crippen molar-refractivity contribution in [2.24, 2.45) is 0 Å². The quantitative estimate of drug-likeness (QED) is 0.423. The number of rotatable bonds is 5. The van der Waals surface area contributed by atoms with Crippen molar-refractivity contribution in [2.45, 2.75) is 20.3 Å². The first kappa shape index (κ1) is 19.3. The highest BCUT2D eigenvalue weighted by Crippen LogP contribution is 2.31. The number of hydrogen-bond donors (Lipinski definition) is 1. The number of nitrogens with zero attached hydrogens (tertiary/aromatic N) is 3. The average molecular weight is 451 g/mol.